The van der Waals surface area contributed by atoms with Crippen LogP contribution in [0.15, 0.2) is 42.1 Å². The third-order valence-corrected chi connectivity index (χ3v) is 7.38. The molecule has 1 aromatic heterocycles. The Labute approximate surface area is 208 Å². The van der Waals surface area contributed by atoms with Crippen LogP contribution >= 0.6 is 11.3 Å². The molecule has 2 heterocycles. The lowest BCUT2D eigenvalue weighted by molar-refractivity contribution is -0.137. The molecule has 0 saturated carbocycles. The van der Waals surface area contributed by atoms with E-state index in [0.29, 0.717) is 13.0 Å². The fraction of sp³-hybridized carbons (Fsp3) is 0.556. The molecule has 0 aliphatic carbocycles. The molecule has 1 saturated heterocycles. The van der Waals surface area contributed by atoms with Gasteiger partial charge in [0.25, 0.3) is 0 Å². The second-order valence-electron chi connectivity index (χ2n) is 10.8. The Hall–Kier alpha value is -2.22. The van der Waals surface area contributed by atoms with E-state index in [0.717, 1.165) is 22.5 Å². The van der Waals surface area contributed by atoms with Crippen LogP contribution in [-0.2, 0) is 4.79 Å². The van der Waals surface area contributed by atoms with E-state index in [9.17, 15) is 9.90 Å². The maximum Gasteiger partial charge on any atom is 0.240 e. The number of amides is 1. The third kappa shape index (κ3) is 6.06. The molecular weight excluding hydrogens is 444 g/mol. The SMILES string of the molecule is C=C(N[C@@H](C)c1ccc(-c2scnc2C)cc1)[C@@H]1C[C@@H](O)CN1C(=O)[C@@H](NC(C)C)C(C)(C)C. The van der Waals surface area contributed by atoms with Crippen molar-refractivity contribution >= 4 is 17.2 Å². The Morgan fingerprint density at radius 2 is 1.88 bits per heavy atom. The second-order valence-corrected chi connectivity index (χ2v) is 11.7. The maximum absolute atomic E-state index is 13.6. The van der Waals surface area contributed by atoms with Gasteiger partial charge < -0.3 is 20.6 Å². The summed E-state index contributed by atoms with van der Waals surface area (Å²) in [6.45, 7) is 19.0. The molecule has 0 radical (unpaired) electrons. The molecule has 7 heteroatoms. The topological polar surface area (TPSA) is 77.5 Å². The minimum absolute atomic E-state index is 0.0163. The number of aliphatic hydroxyl groups is 1. The highest BCUT2D eigenvalue weighted by Gasteiger charge is 2.42. The number of benzene rings is 1. The number of nitrogens with one attached hydrogen (secondary N) is 2. The molecule has 34 heavy (non-hydrogen) atoms. The van der Waals surface area contributed by atoms with Crippen molar-refractivity contribution in [2.75, 3.05) is 6.54 Å². The maximum atomic E-state index is 13.6. The molecule has 3 rings (SSSR count). The first-order valence-corrected chi connectivity index (χ1v) is 13.0. The Kier molecular flexibility index (Phi) is 8.22. The molecule has 1 aliphatic heterocycles. The van der Waals surface area contributed by atoms with Gasteiger partial charge in [-0.25, -0.2) is 4.98 Å². The highest BCUT2D eigenvalue weighted by molar-refractivity contribution is 7.13. The third-order valence-electron chi connectivity index (χ3n) is 6.40. The van der Waals surface area contributed by atoms with E-state index in [1.807, 2.05) is 26.3 Å². The zero-order chi connectivity index (χ0) is 25.2. The van der Waals surface area contributed by atoms with Gasteiger partial charge in [0.05, 0.1) is 34.3 Å². The van der Waals surface area contributed by atoms with E-state index in [2.05, 4.69) is 74.2 Å². The molecule has 4 atom stereocenters. The molecular formula is C27H40N4O2S. The summed E-state index contributed by atoms with van der Waals surface area (Å²) in [5.41, 5.74) is 5.73. The lowest BCUT2D eigenvalue weighted by atomic mass is 9.85. The first kappa shape index (κ1) is 26.4. The number of hydrogen-bond donors (Lipinski definition) is 3. The molecule has 0 unspecified atom stereocenters. The number of aryl methyl sites for hydroxylation is 1. The molecule has 6 nitrogen and oxygen atoms in total. The zero-order valence-corrected chi connectivity index (χ0v) is 22.4. The average molecular weight is 485 g/mol. The molecule has 1 aromatic carbocycles. The predicted octanol–water partition coefficient (Wildman–Crippen LogP) is 4.66. The quantitative estimate of drug-likeness (QED) is 0.508. The lowest BCUT2D eigenvalue weighted by Gasteiger charge is -2.37. The van der Waals surface area contributed by atoms with Crippen LogP contribution in [-0.4, -0.2) is 51.7 Å². The van der Waals surface area contributed by atoms with Crippen molar-refractivity contribution in [2.45, 2.75) is 85.2 Å². The van der Waals surface area contributed by atoms with Crippen LogP contribution < -0.4 is 10.6 Å². The van der Waals surface area contributed by atoms with Crippen LogP contribution in [0.25, 0.3) is 10.4 Å². The van der Waals surface area contributed by atoms with Gasteiger partial charge in [0.1, 0.15) is 0 Å². The normalized spacial score (nSPS) is 20.4. The molecule has 1 fully saturated rings. The van der Waals surface area contributed by atoms with Gasteiger partial charge in [-0.1, -0.05) is 65.5 Å². The number of hydrogen-bond acceptors (Lipinski definition) is 6. The van der Waals surface area contributed by atoms with E-state index < -0.39 is 6.10 Å². The van der Waals surface area contributed by atoms with E-state index in [4.69, 9.17) is 0 Å². The Bertz CT molecular complexity index is 993. The number of rotatable bonds is 8. The van der Waals surface area contributed by atoms with Crippen molar-refractivity contribution in [2.24, 2.45) is 5.41 Å². The summed E-state index contributed by atoms with van der Waals surface area (Å²) in [5, 5.41) is 17.4. The van der Waals surface area contributed by atoms with Crippen LogP contribution in [0.3, 0.4) is 0 Å². The first-order chi connectivity index (χ1) is 15.9. The summed E-state index contributed by atoms with van der Waals surface area (Å²) >= 11 is 1.65. The van der Waals surface area contributed by atoms with Crippen molar-refractivity contribution < 1.29 is 9.90 Å². The van der Waals surface area contributed by atoms with Crippen molar-refractivity contribution in [1.82, 2.24) is 20.5 Å². The molecule has 186 valence electrons. The zero-order valence-electron chi connectivity index (χ0n) is 21.6. The van der Waals surface area contributed by atoms with Gasteiger partial charge in [-0.05, 0) is 30.4 Å². The molecule has 2 aromatic rings. The number of likely N-dealkylation sites (tertiary alicyclic amines) is 1. The highest BCUT2D eigenvalue weighted by atomic mass is 32.1. The van der Waals surface area contributed by atoms with Crippen LogP contribution in [0.4, 0.5) is 0 Å². The number of β-amino-alcohol motifs (C(OH)–C–C–N with tert-alkyl or cyclic N) is 1. The van der Waals surface area contributed by atoms with Gasteiger partial charge in [-0.2, -0.15) is 0 Å². The average Bonchev–Trinajstić information content (AvgIpc) is 3.36. The summed E-state index contributed by atoms with van der Waals surface area (Å²) in [6.07, 6.45) is -0.0590. The summed E-state index contributed by atoms with van der Waals surface area (Å²) in [6, 6.07) is 8.09. The number of aromatic nitrogens is 1. The summed E-state index contributed by atoms with van der Waals surface area (Å²) in [5.74, 6) is 0.0163. The minimum atomic E-state index is -0.551. The highest BCUT2D eigenvalue weighted by Crippen LogP contribution is 2.31. The smallest absolute Gasteiger partial charge is 0.240 e. The van der Waals surface area contributed by atoms with E-state index in [-0.39, 0.29) is 35.5 Å². The molecule has 1 amide bonds. The van der Waals surface area contributed by atoms with Gasteiger partial charge in [-0.3, -0.25) is 4.79 Å². The summed E-state index contributed by atoms with van der Waals surface area (Å²) in [7, 11) is 0. The van der Waals surface area contributed by atoms with E-state index >= 15 is 0 Å². The monoisotopic (exact) mass is 484 g/mol. The summed E-state index contributed by atoms with van der Waals surface area (Å²) < 4.78 is 0. The first-order valence-electron chi connectivity index (χ1n) is 12.1. The number of carbonyl (C=O) groups excluding carboxylic acids is 1. The largest absolute Gasteiger partial charge is 0.391 e. The van der Waals surface area contributed by atoms with Crippen molar-refractivity contribution in [3.8, 4) is 10.4 Å². The number of carbonyl (C=O) groups is 1. The van der Waals surface area contributed by atoms with E-state index in [1.54, 1.807) is 16.2 Å². The van der Waals surface area contributed by atoms with Crippen molar-refractivity contribution in [3.63, 3.8) is 0 Å². The van der Waals surface area contributed by atoms with Gasteiger partial charge >= 0.3 is 0 Å². The standard InChI is InChI=1S/C27H40N4O2S/c1-16(2)29-25(27(6,7)8)26(33)31-14-22(32)13-23(31)18(4)30-17(3)20-9-11-21(12-10-20)24-19(5)28-15-34-24/h9-12,15-17,22-23,25,29-30,32H,4,13-14H2,1-3,5-8H3/t17-,22+,23-,25+/m0/s1. The van der Waals surface area contributed by atoms with Crippen molar-refractivity contribution in [1.29, 1.82) is 0 Å². The predicted molar refractivity (Wildman–Crippen MR) is 141 cm³/mol. The fourth-order valence-corrected chi connectivity index (χ4v) is 5.35. The lowest BCUT2D eigenvalue weighted by Crippen LogP contribution is -2.56. The molecule has 1 aliphatic rings. The van der Waals surface area contributed by atoms with Crippen LogP contribution in [0, 0.1) is 12.3 Å². The number of aliphatic hydroxyl groups excluding tert-OH is 1. The van der Waals surface area contributed by atoms with Crippen molar-refractivity contribution in [3.05, 3.63) is 53.3 Å². The molecule has 0 bridgehead atoms. The van der Waals surface area contributed by atoms with Gasteiger partial charge in [0, 0.05) is 30.7 Å². The van der Waals surface area contributed by atoms with Crippen LogP contribution in [0.5, 0.6) is 0 Å². The van der Waals surface area contributed by atoms with Gasteiger partial charge in [0.2, 0.25) is 5.91 Å². The molecule has 3 N–H and O–H groups in total. The fourth-order valence-electron chi connectivity index (χ4n) is 4.54. The second kappa shape index (κ2) is 10.6. The Balaban J connectivity index is 1.72. The van der Waals surface area contributed by atoms with Crippen LogP contribution in [0.1, 0.15) is 65.3 Å². The Morgan fingerprint density at radius 1 is 1.24 bits per heavy atom. The molecule has 0 spiro atoms. The van der Waals surface area contributed by atoms with Gasteiger partial charge in [-0.15, -0.1) is 11.3 Å². The van der Waals surface area contributed by atoms with Gasteiger partial charge in [0.15, 0.2) is 0 Å². The summed E-state index contributed by atoms with van der Waals surface area (Å²) in [4.78, 5) is 20.9. The van der Waals surface area contributed by atoms with E-state index in [1.165, 1.54) is 4.88 Å². The number of thiazole rings is 1. The van der Waals surface area contributed by atoms with Crippen LogP contribution in [0.2, 0.25) is 0 Å². The minimum Gasteiger partial charge on any atom is -0.391 e. The number of nitrogens with zero attached hydrogens (tertiary/aromatic N) is 2. The Morgan fingerprint density at radius 3 is 2.41 bits per heavy atom.